The Morgan fingerprint density at radius 1 is 0.965 bits per heavy atom. The lowest BCUT2D eigenvalue weighted by atomic mass is 9.87. The van der Waals surface area contributed by atoms with Crippen molar-refractivity contribution in [2.24, 2.45) is 16.5 Å². The number of nitrogens with zero attached hydrogens (tertiary/aromatic N) is 5. The quantitative estimate of drug-likeness (QED) is 0.0709. The summed E-state index contributed by atoms with van der Waals surface area (Å²) < 4.78 is 30.7. The fourth-order valence-corrected chi connectivity index (χ4v) is 9.00. The molecule has 0 atom stereocenters. The molecule has 0 bridgehead atoms. The van der Waals surface area contributed by atoms with Gasteiger partial charge in [-0.3, -0.25) is 9.56 Å². The van der Waals surface area contributed by atoms with Crippen molar-refractivity contribution in [2.75, 3.05) is 52.4 Å². The molecule has 14 heteroatoms. The monoisotopic (exact) mass is 803 g/mol. The summed E-state index contributed by atoms with van der Waals surface area (Å²) in [5.41, 5.74) is 14.9. The van der Waals surface area contributed by atoms with Gasteiger partial charge in [0.1, 0.15) is 5.65 Å². The lowest BCUT2D eigenvalue weighted by molar-refractivity contribution is 0.188. The molecular weight excluding hydrogens is 737 g/mol. The molecule has 7 N–H and O–H groups in total. The van der Waals surface area contributed by atoms with Gasteiger partial charge < -0.3 is 32.0 Å². The smallest absolute Gasteiger partial charge is 0.354 e. The number of hydrogen-bond acceptors (Lipinski definition) is 8. The number of H-pyrrole nitrogens is 1. The van der Waals surface area contributed by atoms with Gasteiger partial charge in [0.15, 0.2) is 5.96 Å². The van der Waals surface area contributed by atoms with Crippen molar-refractivity contribution in [1.82, 2.24) is 34.4 Å². The molecule has 2 aromatic carbocycles. The van der Waals surface area contributed by atoms with Gasteiger partial charge in [0.05, 0.1) is 10.6 Å². The van der Waals surface area contributed by atoms with E-state index in [1.807, 2.05) is 53.0 Å². The van der Waals surface area contributed by atoms with E-state index in [2.05, 4.69) is 78.1 Å². The van der Waals surface area contributed by atoms with Crippen LogP contribution in [0.15, 0.2) is 75.5 Å². The Hall–Kier alpha value is -4.08. The predicted octanol–water partition coefficient (Wildman–Crippen LogP) is 4.98. The number of aliphatic imine (C=N–C) groups is 1. The van der Waals surface area contributed by atoms with Crippen LogP contribution in [-0.2, 0) is 27.4 Å². The van der Waals surface area contributed by atoms with E-state index in [0.29, 0.717) is 23.6 Å². The number of rotatable bonds is 13. The van der Waals surface area contributed by atoms with Crippen LogP contribution in [0.2, 0.25) is 0 Å². The molecule has 2 aliphatic heterocycles. The average molecular weight is 803 g/mol. The van der Waals surface area contributed by atoms with E-state index < -0.39 is 10.0 Å². The van der Waals surface area contributed by atoms with E-state index in [0.717, 1.165) is 93.0 Å². The lowest BCUT2D eigenvalue weighted by Crippen LogP contribution is -2.49. The Morgan fingerprint density at radius 3 is 2.32 bits per heavy atom. The summed E-state index contributed by atoms with van der Waals surface area (Å²) in [6.07, 6.45) is 8.24. The topological polar surface area (TPSA) is 180 Å². The molecule has 0 aliphatic carbocycles. The Kier molecular flexibility index (Phi) is 15.1. The summed E-state index contributed by atoms with van der Waals surface area (Å²) in [5.74, 6) is 0.123. The number of guanidine groups is 1. The Balaban J connectivity index is 0.000000218. The first-order chi connectivity index (χ1) is 27.0. The van der Waals surface area contributed by atoms with Crippen LogP contribution in [0.3, 0.4) is 0 Å². The summed E-state index contributed by atoms with van der Waals surface area (Å²) in [6.45, 7) is 20.3. The van der Waals surface area contributed by atoms with Crippen molar-refractivity contribution in [2.45, 2.75) is 108 Å². The number of benzene rings is 2. The highest BCUT2D eigenvalue weighted by Crippen LogP contribution is 2.29. The van der Waals surface area contributed by atoms with Crippen molar-refractivity contribution in [3.8, 4) is 5.69 Å². The normalized spacial score (nSPS) is 16.1. The van der Waals surface area contributed by atoms with E-state index in [-0.39, 0.29) is 28.5 Å². The summed E-state index contributed by atoms with van der Waals surface area (Å²) in [4.78, 5) is 26.8. The molecule has 4 aromatic rings. The molecule has 13 nitrogen and oxygen atoms in total. The van der Waals surface area contributed by atoms with Crippen molar-refractivity contribution >= 4 is 27.0 Å². The number of fused-ring (bicyclic) bond motifs is 1. The maximum Gasteiger partial charge on any atom is 0.354 e. The molecule has 312 valence electrons. The molecular formula is C43H66N10O3S. The first kappa shape index (κ1) is 44.0. The van der Waals surface area contributed by atoms with Crippen molar-refractivity contribution in [3.63, 3.8) is 0 Å². The van der Waals surface area contributed by atoms with Crippen molar-refractivity contribution in [1.29, 1.82) is 0 Å². The lowest BCUT2D eigenvalue weighted by Gasteiger charge is -2.36. The van der Waals surface area contributed by atoms with E-state index >= 15 is 0 Å². The number of aromatic nitrogens is 3. The number of aromatic amines is 1. The second-order valence-electron chi connectivity index (χ2n) is 17.4. The zero-order valence-electron chi connectivity index (χ0n) is 35.0. The minimum Gasteiger partial charge on any atom is -0.370 e. The van der Waals surface area contributed by atoms with Gasteiger partial charge in [-0.15, -0.1) is 0 Å². The second-order valence-corrected chi connectivity index (χ2v) is 19.3. The Bertz CT molecular complexity index is 2080. The molecule has 0 unspecified atom stereocenters. The third kappa shape index (κ3) is 12.5. The molecule has 0 radical (unpaired) electrons. The maximum atomic E-state index is 13.7. The first-order valence-corrected chi connectivity index (χ1v) is 22.0. The van der Waals surface area contributed by atoms with E-state index in [1.54, 1.807) is 10.6 Å². The van der Waals surface area contributed by atoms with Gasteiger partial charge in [0.25, 0.3) is 0 Å². The highest BCUT2D eigenvalue weighted by atomic mass is 32.2. The number of likely N-dealkylation sites (tertiary alicyclic amines) is 1. The van der Waals surface area contributed by atoms with Crippen LogP contribution < -0.4 is 27.8 Å². The molecule has 0 spiro atoms. The molecule has 4 heterocycles. The van der Waals surface area contributed by atoms with Crippen LogP contribution in [0, 0.1) is 0 Å². The minimum atomic E-state index is -3.51. The van der Waals surface area contributed by atoms with Crippen molar-refractivity contribution < 1.29 is 8.42 Å². The fraction of sp³-hybridized carbons (Fsp3) is 0.558. The predicted molar refractivity (Wildman–Crippen MR) is 233 cm³/mol. The number of hydrogen-bond donors (Lipinski definition) is 5. The van der Waals surface area contributed by atoms with Gasteiger partial charge in [-0.2, -0.15) is 9.29 Å². The van der Waals surface area contributed by atoms with Gasteiger partial charge in [-0.25, -0.2) is 13.2 Å². The number of piperidine rings is 2. The zero-order valence-corrected chi connectivity index (χ0v) is 35.8. The van der Waals surface area contributed by atoms with Gasteiger partial charge in [-0.05, 0) is 112 Å². The second kappa shape index (κ2) is 19.6. The molecule has 0 amide bonds. The fourth-order valence-electron chi connectivity index (χ4n) is 7.28. The molecule has 2 saturated heterocycles. The molecule has 2 fully saturated rings. The van der Waals surface area contributed by atoms with Crippen LogP contribution in [0.1, 0.15) is 96.9 Å². The minimum absolute atomic E-state index is 0.0352. The van der Waals surface area contributed by atoms with E-state index in [1.165, 1.54) is 19.3 Å². The van der Waals surface area contributed by atoms with Crippen LogP contribution in [0.25, 0.3) is 16.7 Å². The maximum absolute atomic E-state index is 13.7. The number of nitrogens with one attached hydrogen (secondary N) is 3. The highest BCUT2D eigenvalue weighted by Gasteiger charge is 2.33. The Labute approximate surface area is 339 Å². The first-order valence-electron chi connectivity index (χ1n) is 20.6. The van der Waals surface area contributed by atoms with Gasteiger partial charge in [0.2, 0.25) is 10.0 Å². The Morgan fingerprint density at radius 2 is 1.67 bits per heavy atom. The third-order valence-electron chi connectivity index (χ3n) is 10.8. The third-order valence-corrected chi connectivity index (χ3v) is 12.7. The summed E-state index contributed by atoms with van der Waals surface area (Å²) in [6, 6.07) is 17.6. The van der Waals surface area contributed by atoms with Gasteiger partial charge in [-0.1, -0.05) is 72.2 Å². The molecule has 2 aromatic heterocycles. The summed E-state index contributed by atoms with van der Waals surface area (Å²) >= 11 is 0. The highest BCUT2D eigenvalue weighted by molar-refractivity contribution is 7.89. The van der Waals surface area contributed by atoms with Gasteiger partial charge in [0, 0.05) is 54.9 Å². The SMILES string of the molecule is CC(C)(C)c1cc2cn(-c3ccc(CNCCCN=C(N)N)cc3)c(=O)nc2[nH]1.CC(C)(C)c1cccc(S(=O)(=O)N(CCN2CCCCC2)C2CCNCC2)c1. The summed E-state index contributed by atoms with van der Waals surface area (Å²) in [5, 5.41) is 7.63. The van der Waals surface area contributed by atoms with Crippen LogP contribution in [0.5, 0.6) is 0 Å². The molecule has 2 aliphatic rings. The zero-order chi connectivity index (χ0) is 41.2. The molecule has 0 saturated carbocycles. The van der Waals surface area contributed by atoms with E-state index in [4.69, 9.17) is 11.5 Å². The van der Waals surface area contributed by atoms with Crippen LogP contribution in [0.4, 0.5) is 0 Å². The standard InChI is InChI=1S/C22H37N3O2S.C21H29N7O/c1-22(2,3)19-8-7-9-21(18-19)28(26,27)25(20-10-12-23-13-11-20)17-16-24-14-5-4-6-15-24;1-21(2,3)17-11-15-13-28(20(29)27-18(15)26-17)16-7-5-14(6-8-16)12-24-9-4-10-25-19(22)23/h7-9,18,20,23H,4-6,10-17H2,1-3H3;5-8,11,13,24H,4,9-10,12H2,1-3H3,(H4,22,23,25)(H,26,27,29). The number of nitrogens with two attached hydrogens (primary N) is 2. The van der Waals surface area contributed by atoms with E-state index in [9.17, 15) is 13.2 Å². The largest absolute Gasteiger partial charge is 0.370 e. The molecule has 6 rings (SSSR count). The van der Waals surface area contributed by atoms with Gasteiger partial charge >= 0.3 is 5.69 Å². The molecule has 57 heavy (non-hydrogen) atoms. The van der Waals surface area contributed by atoms with Crippen LogP contribution in [-0.4, -0.2) is 96.5 Å². The number of sulfonamides is 1. The van der Waals surface area contributed by atoms with Crippen LogP contribution >= 0.6 is 0 Å². The summed E-state index contributed by atoms with van der Waals surface area (Å²) in [7, 11) is -3.51. The average Bonchev–Trinajstić information content (AvgIpc) is 3.61. The van der Waals surface area contributed by atoms with Crippen molar-refractivity contribution in [3.05, 3.63) is 88.1 Å².